The molecule has 30 heavy (non-hydrogen) atoms. The summed E-state index contributed by atoms with van der Waals surface area (Å²) in [6, 6.07) is 0.426. The molecule has 0 spiro atoms. The van der Waals surface area contributed by atoms with Crippen molar-refractivity contribution in [1.29, 1.82) is 0 Å². The maximum atomic E-state index is 15.3. The Bertz CT molecular complexity index is 1150. The van der Waals surface area contributed by atoms with Gasteiger partial charge >= 0.3 is 5.97 Å². The van der Waals surface area contributed by atoms with Crippen LogP contribution in [-0.4, -0.2) is 47.6 Å². The summed E-state index contributed by atoms with van der Waals surface area (Å²) in [5, 5.41) is 9.27. The molecule has 1 aromatic carbocycles. The van der Waals surface area contributed by atoms with Gasteiger partial charge in [-0.05, 0) is 24.3 Å². The second kappa shape index (κ2) is 6.16. The highest BCUT2D eigenvalue weighted by molar-refractivity contribution is 5.97. The molecule has 3 fully saturated rings. The molecule has 7 nitrogen and oxygen atoms in total. The van der Waals surface area contributed by atoms with Crippen molar-refractivity contribution in [2.45, 2.75) is 37.5 Å². The van der Waals surface area contributed by atoms with Gasteiger partial charge in [0.25, 0.3) is 0 Å². The molecule has 2 saturated carbocycles. The number of anilines is 1. The van der Waals surface area contributed by atoms with Crippen LogP contribution in [0.4, 0.5) is 14.5 Å². The van der Waals surface area contributed by atoms with E-state index in [1.807, 2.05) is 4.90 Å². The maximum Gasteiger partial charge on any atom is 0.341 e. The molecule has 3 aliphatic rings. The molecular weight excluding hydrogens is 396 g/mol. The molecule has 9 heteroatoms. The first-order chi connectivity index (χ1) is 14.2. The van der Waals surface area contributed by atoms with Crippen molar-refractivity contribution >= 4 is 22.6 Å². The third-order valence-electron chi connectivity index (χ3n) is 7.02. The Hall–Kier alpha value is -2.68. The van der Waals surface area contributed by atoms with Crippen molar-refractivity contribution in [1.82, 2.24) is 4.57 Å². The van der Waals surface area contributed by atoms with E-state index in [1.54, 1.807) is 0 Å². The van der Waals surface area contributed by atoms with Gasteiger partial charge in [0.1, 0.15) is 17.4 Å². The highest BCUT2D eigenvalue weighted by Crippen LogP contribution is 2.51. The zero-order chi connectivity index (χ0) is 21.5. The van der Waals surface area contributed by atoms with Crippen molar-refractivity contribution in [3.05, 3.63) is 33.9 Å². The fourth-order valence-corrected chi connectivity index (χ4v) is 5.46. The zero-order valence-corrected chi connectivity index (χ0v) is 16.7. The first-order valence-electron chi connectivity index (χ1n) is 10.0. The summed E-state index contributed by atoms with van der Waals surface area (Å²) < 4.78 is 36.3. The van der Waals surface area contributed by atoms with Crippen LogP contribution in [0.2, 0.25) is 0 Å². The Morgan fingerprint density at radius 1 is 1.43 bits per heavy atom. The molecule has 2 aliphatic carbocycles. The largest absolute Gasteiger partial charge is 0.492 e. The van der Waals surface area contributed by atoms with Gasteiger partial charge in [0.2, 0.25) is 5.43 Å². The minimum absolute atomic E-state index is 0.107. The van der Waals surface area contributed by atoms with Gasteiger partial charge in [-0.1, -0.05) is 6.92 Å². The number of benzene rings is 1. The number of methoxy groups -OCH3 is 1. The van der Waals surface area contributed by atoms with Crippen LogP contribution >= 0.6 is 0 Å². The minimum Gasteiger partial charge on any atom is -0.492 e. The number of aromatic nitrogens is 1. The number of hydrogen-bond donors (Lipinski definition) is 2. The minimum atomic E-state index is -1.44. The second-order valence-electron chi connectivity index (χ2n) is 8.94. The summed E-state index contributed by atoms with van der Waals surface area (Å²) in [5.74, 6) is -1.35. The maximum absolute atomic E-state index is 15.3. The van der Waals surface area contributed by atoms with Crippen LogP contribution in [0.25, 0.3) is 10.9 Å². The Kier molecular flexibility index (Phi) is 3.96. The van der Waals surface area contributed by atoms with Crippen LogP contribution in [0.3, 0.4) is 0 Å². The molecule has 160 valence electrons. The lowest BCUT2D eigenvalue weighted by Gasteiger charge is -2.46. The smallest absolute Gasteiger partial charge is 0.341 e. The molecule has 5 atom stereocenters. The summed E-state index contributed by atoms with van der Waals surface area (Å²) in [6.07, 6.45) is 1.03. The van der Waals surface area contributed by atoms with E-state index in [0.29, 0.717) is 19.0 Å². The van der Waals surface area contributed by atoms with E-state index in [9.17, 15) is 19.1 Å². The first-order valence-corrected chi connectivity index (χ1v) is 10.0. The predicted octanol–water partition coefficient (Wildman–Crippen LogP) is 2.30. The van der Waals surface area contributed by atoms with E-state index < -0.39 is 35.0 Å². The van der Waals surface area contributed by atoms with E-state index >= 15 is 4.39 Å². The van der Waals surface area contributed by atoms with Crippen molar-refractivity contribution in [3.8, 4) is 5.75 Å². The highest BCUT2D eigenvalue weighted by atomic mass is 19.1. The van der Waals surface area contributed by atoms with Crippen LogP contribution in [0.1, 0.15) is 36.2 Å². The normalized spacial score (nSPS) is 32.1. The quantitative estimate of drug-likeness (QED) is 0.789. The average Bonchev–Trinajstić information content (AvgIpc) is 3.33. The summed E-state index contributed by atoms with van der Waals surface area (Å²) >= 11 is 0. The second-order valence-corrected chi connectivity index (χ2v) is 8.94. The van der Waals surface area contributed by atoms with Gasteiger partial charge in [0.05, 0.1) is 24.1 Å². The van der Waals surface area contributed by atoms with Gasteiger partial charge in [0.15, 0.2) is 11.6 Å². The number of fused-ring (bicyclic) bond motifs is 2. The van der Waals surface area contributed by atoms with Crippen LogP contribution in [0.5, 0.6) is 5.75 Å². The fourth-order valence-electron chi connectivity index (χ4n) is 5.46. The average molecular weight is 419 g/mol. The van der Waals surface area contributed by atoms with Gasteiger partial charge in [-0.25, -0.2) is 13.6 Å². The number of aromatic carboxylic acids is 1. The lowest BCUT2D eigenvalue weighted by molar-refractivity contribution is 0.0694. The van der Waals surface area contributed by atoms with Gasteiger partial charge in [-0.2, -0.15) is 0 Å². The van der Waals surface area contributed by atoms with Crippen LogP contribution in [-0.2, 0) is 0 Å². The summed E-state index contributed by atoms with van der Waals surface area (Å²) in [6.45, 7) is 3.13. The molecule has 1 saturated heterocycles. The molecule has 0 bridgehead atoms. The van der Waals surface area contributed by atoms with Gasteiger partial charge < -0.3 is 25.0 Å². The lowest BCUT2D eigenvalue weighted by Crippen LogP contribution is -2.59. The monoisotopic (exact) mass is 419 g/mol. The number of nitrogens with zero attached hydrogens (tertiary/aromatic N) is 2. The van der Waals surface area contributed by atoms with Crippen molar-refractivity contribution in [2.75, 3.05) is 25.1 Å². The number of carboxylic acid groups (broad SMARTS) is 1. The van der Waals surface area contributed by atoms with E-state index in [-0.39, 0.29) is 40.2 Å². The standard InChI is InChI=1S/C21H23F2N3O4/c1-9-5-21(24)8-25(7-12(9)21)17-14(23)3-10-16(19(17)30-2)26(15-4-13(15)22)6-11(18(10)27)20(28)29/h3,6,9,12-13,15H,4-5,7-8,24H2,1-2H3,(H,28,29)/t9-,12+,13+,15-,21-/m1/s1. The molecule has 1 aliphatic heterocycles. The number of hydrogen-bond acceptors (Lipinski definition) is 5. The molecule has 2 heterocycles. The van der Waals surface area contributed by atoms with E-state index in [4.69, 9.17) is 10.5 Å². The summed E-state index contributed by atoms with van der Waals surface area (Å²) in [4.78, 5) is 26.1. The summed E-state index contributed by atoms with van der Waals surface area (Å²) in [7, 11) is 1.36. The van der Waals surface area contributed by atoms with Crippen LogP contribution in [0.15, 0.2) is 17.1 Å². The number of alkyl halides is 1. The van der Waals surface area contributed by atoms with Crippen LogP contribution < -0.4 is 20.8 Å². The molecule has 2 aromatic rings. The Morgan fingerprint density at radius 3 is 2.67 bits per heavy atom. The number of ether oxygens (including phenoxy) is 1. The Morgan fingerprint density at radius 2 is 2.13 bits per heavy atom. The van der Waals surface area contributed by atoms with Gasteiger partial charge in [-0.3, -0.25) is 4.79 Å². The fraction of sp³-hybridized carbons (Fsp3) is 0.524. The number of nitrogens with two attached hydrogens (primary N) is 1. The van der Waals surface area contributed by atoms with E-state index in [2.05, 4.69) is 6.92 Å². The van der Waals surface area contributed by atoms with Gasteiger partial charge in [0, 0.05) is 31.2 Å². The molecule has 1 aromatic heterocycles. The van der Waals surface area contributed by atoms with E-state index in [0.717, 1.165) is 18.7 Å². The summed E-state index contributed by atoms with van der Waals surface area (Å²) in [5.41, 5.74) is 5.15. The topological polar surface area (TPSA) is 97.8 Å². The molecule has 5 rings (SSSR count). The van der Waals surface area contributed by atoms with Crippen molar-refractivity contribution < 1.29 is 23.4 Å². The highest BCUT2D eigenvalue weighted by Gasteiger charge is 2.55. The van der Waals surface area contributed by atoms with Crippen molar-refractivity contribution in [3.63, 3.8) is 0 Å². The Balaban J connectivity index is 1.76. The third kappa shape index (κ3) is 2.50. The predicted molar refractivity (Wildman–Crippen MR) is 107 cm³/mol. The van der Waals surface area contributed by atoms with E-state index in [1.165, 1.54) is 11.7 Å². The molecule has 0 unspecified atom stereocenters. The number of carbonyl (C=O) groups is 1. The zero-order valence-electron chi connectivity index (χ0n) is 16.7. The SMILES string of the molecule is COc1c(N2C[C@H]3[C@H](C)C[C@@]3(N)C2)c(F)cc2c(=O)c(C(=O)O)cn([C@@H]3C[C@@H]3F)c12. The molecule has 0 radical (unpaired) electrons. The lowest BCUT2D eigenvalue weighted by atomic mass is 9.62. The van der Waals surface area contributed by atoms with Crippen molar-refractivity contribution in [2.24, 2.45) is 17.6 Å². The Labute approximate surface area is 171 Å². The molecule has 0 amide bonds. The van der Waals surface area contributed by atoms with Gasteiger partial charge in [-0.15, -0.1) is 0 Å². The number of rotatable bonds is 4. The molecule has 3 N–H and O–H groups in total. The molecular formula is C21H23F2N3O4. The number of carboxylic acids is 1. The number of halogens is 2. The third-order valence-corrected chi connectivity index (χ3v) is 7.02. The number of pyridine rings is 1. The first kappa shape index (κ1) is 19.3. The van der Waals surface area contributed by atoms with Crippen LogP contribution in [0, 0.1) is 17.7 Å².